The van der Waals surface area contributed by atoms with E-state index in [9.17, 15) is 14.4 Å². The van der Waals surface area contributed by atoms with E-state index in [1.54, 1.807) is 48.5 Å². The lowest BCUT2D eigenvalue weighted by Gasteiger charge is -2.13. The second-order valence-corrected chi connectivity index (χ2v) is 7.22. The highest BCUT2D eigenvalue weighted by Crippen LogP contribution is 2.37. The third-order valence-electron chi connectivity index (χ3n) is 4.39. The van der Waals surface area contributed by atoms with Gasteiger partial charge in [0.15, 0.2) is 17.3 Å². The Morgan fingerprint density at radius 1 is 1.07 bits per heavy atom. The second-order valence-electron chi connectivity index (χ2n) is 6.23. The first-order valence-electron chi connectivity index (χ1n) is 9.21. The predicted octanol–water partition coefficient (Wildman–Crippen LogP) is 4.02. The third kappa shape index (κ3) is 4.49. The van der Waals surface area contributed by atoms with E-state index in [1.165, 1.54) is 14.2 Å². The van der Waals surface area contributed by atoms with Crippen LogP contribution in [0.25, 0.3) is 6.08 Å². The van der Waals surface area contributed by atoms with Crippen molar-refractivity contribution >= 4 is 34.8 Å². The number of amides is 2. The van der Waals surface area contributed by atoms with Gasteiger partial charge in [-0.05, 0) is 55.1 Å². The zero-order valence-corrected chi connectivity index (χ0v) is 17.7. The minimum atomic E-state index is -0.517. The van der Waals surface area contributed by atoms with E-state index in [1.807, 2.05) is 6.92 Å². The summed E-state index contributed by atoms with van der Waals surface area (Å²) in [6, 6.07) is 11.8. The van der Waals surface area contributed by atoms with Gasteiger partial charge in [0.05, 0.1) is 32.3 Å². The lowest BCUT2D eigenvalue weighted by atomic mass is 10.1. The van der Waals surface area contributed by atoms with E-state index in [2.05, 4.69) is 0 Å². The smallest absolute Gasteiger partial charge is 0.293 e. The number of ketones is 1. The summed E-state index contributed by atoms with van der Waals surface area (Å²) in [5, 5.41) is -0.492. The van der Waals surface area contributed by atoms with Gasteiger partial charge in [0.2, 0.25) is 0 Å². The van der Waals surface area contributed by atoms with Crippen molar-refractivity contribution < 1.29 is 28.6 Å². The van der Waals surface area contributed by atoms with Crippen molar-refractivity contribution in [3.05, 3.63) is 58.5 Å². The van der Waals surface area contributed by atoms with Gasteiger partial charge in [-0.1, -0.05) is 12.1 Å². The van der Waals surface area contributed by atoms with E-state index in [0.717, 1.165) is 16.7 Å². The molecule has 0 bridgehead atoms. The molecule has 1 fully saturated rings. The molecule has 1 saturated heterocycles. The highest BCUT2D eigenvalue weighted by Gasteiger charge is 2.36. The van der Waals surface area contributed by atoms with Gasteiger partial charge in [-0.15, -0.1) is 0 Å². The molecule has 0 radical (unpaired) electrons. The summed E-state index contributed by atoms with van der Waals surface area (Å²) in [6.45, 7) is 1.93. The third-order valence-corrected chi connectivity index (χ3v) is 5.30. The Balaban J connectivity index is 1.81. The number of imide groups is 1. The fraction of sp³-hybridized carbons (Fsp3) is 0.227. The summed E-state index contributed by atoms with van der Waals surface area (Å²) in [6.07, 6.45) is 1.58. The van der Waals surface area contributed by atoms with E-state index >= 15 is 0 Å². The summed E-state index contributed by atoms with van der Waals surface area (Å²) in [5.74, 6) is 0.780. The number of carbonyl (C=O) groups is 3. The van der Waals surface area contributed by atoms with Crippen molar-refractivity contribution in [2.75, 3.05) is 27.4 Å². The number of thioether (sulfide) groups is 1. The van der Waals surface area contributed by atoms with Crippen molar-refractivity contribution in [3.63, 3.8) is 0 Å². The topological polar surface area (TPSA) is 82.1 Å². The molecule has 2 amide bonds. The van der Waals surface area contributed by atoms with Gasteiger partial charge in [0.1, 0.15) is 5.75 Å². The molecule has 2 aromatic rings. The van der Waals surface area contributed by atoms with Crippen molar-refractivity contribution in [1.82, 2.24) is 4.90 Å². The number of ether oxygens (including phenoxy) is 3. The number of carbonyl (C=O) groups excluding carboxylic acids is 3. The average molecular weight is 427 g/mol. The standard InChI is InChI=1S/C22H21NO6S/c1-4-29-20-15(6-5-7-18(20)28-3)12-19-21(25)23(22(26)30-19)13-17(24)14-8-10-16(27-2)11-9-14/h5-12H,4,13H2,1-3H3. The Morgan fingerprint density at radius 2 is 1.80 bits per heavy atom. The number of rotatable bonds is 8. The van der Waals surface area contributed by atoms with Crippen molar-refractivity contribution in [2.45, 2.75) is 6.92 Å². The summed E-state index contributed by atoms with van der Waals surface area (Å²) in [5.41, 5.74) is 1.01. The van der Waals surface area contributed by atoms with Crippen LogP contribution in [-0.2, 0) is 4.79 Å². The number of benzene rings is 2. The normalized spacial score (nSPS) is 14.9. The van der Waals surface area contributed by atoms with Gasteiger partial charge in [0, 0.05) is 11.1 Å². The Morgan fingerprint density at radius 3 is 2.43 bits per heavy atom. The van der Waals surface area contributed by atoms with Crippen LogP contribution in [0.2, 0.25) is 0 Å². The molecule has 8 heteroatoms. The molecule has 1 heterocycles. The zero-order valence-electron chi connectivity index (χ0n) is 16.8. The van der Waals surface area contributed by atoms with E-state index in [4.69, 9.17) is 14.2 Å². The fourth-order valence-corrected chi connectivity index (χ4v) is 3.72. The molecule has 1 aliphatic heterocycles. The Bertz CT molecular complexity index is 999. The van der Waals surface area contributed by atoms with Crippen LogP contribution in [0.1, 0.15) is 22.8 Å². The second kappa shape index (κ2) is 9.49. The molecule has 0 spiro atoms. The quantitative estimate of drug-likeness (QED) is 0.465. The summed E-state index contributed by atoms with van der Waals surface area (Å²) in [7, 11) is 3.06. The molecular weight excluding hydrogens is 406 g/mol. The summed E-state index contributed by atoms with van der Waals surface area (Å²) >= 11 is 0.790. The van der Waals surface area contributed by atoms with Gasteiger partial charge in [-0.25, -0.2) is 0 Å². The fourth-order valence-electron chi connectivity index (χ4n) is 2.90. The van der Waals surface area contributed by atoms with Crippen molar-refractivity contribution in [3.8, 4) is 17.2 Å². The monoisotopic (exact) mass is 427 g/mol. The van der Waals surface area contributed by atoms with Crippen LogP contribution >= 0.6 is 11.8 Å². The van der Waals surface area contributed by atoms with Crippen LogP contribution in [0.3, 0.4) is 0 Å². The zero-order chi connectivity index (χ0) is 21.7. The number of Topliss-reactive ketones (excluding diaryl/α,β-unsaturated/α-hetero) is 1. The van der Waals surface area contributed by atoms with E-state index in [0.29, 0.717) is 35.0 Å². The molecule has 1 aliphatic rings. The first-order chi connectivity index (χ1) is 14.5. The van der Waals surface area contributed by atoms with Crippen LogP contribution in [0, 0.1) is 0 Å². The van der Waals surface area contributed by atoms with Gasteiger partial charge in [-0.3, -0.25) is 19.3 Å². The highest BCUT2D eigenvalue weighted by atomic mass is 32.2. The van der Waals surface area contributed by atoms with Gasteiger partial charge < -0.3 is 14.2 Å². The average Bonchev–Trinajstić information content (AvgIpc) is 3.02. The molecule has 0 aliphatic carbocycles. The largest absolute Gasteiger partial charge is 0.497 e. The Kier molecular flexibility index (Phi) is 6.79. The predicted molar refractivity (Wildman–Crippen MR) is 114 cm³/mol. The number of hydrogen-bond acceptors (Lipinski definition) is 7. The van der Waals surface area contributed by atoms with Gasteiger partial charge in [0.25, 0.3) is 11.1 Å². The lowest BCUT2D eigenvalue weighted by molar-refractivity contribution is -0.122. The Hall–Kier alpha value is -3.26. The number of hydrogen-bond donors (Lipinski definition) is 0. The maximum Gasteiger partial charge on any atom is 0.293 e. The van der Waals surface area contributed by atoms with Crippen molar-refractivity contribution in [1.29, 1.82) is 0 Å². The molecule has 156 valence electrons. The summed E-state index contributed by atoms with van der Waals surface area (Å²) < 4.78 is 16.0. The van der Waals surface area contributed by atoms with Crippen LogP contribution in [0.4, 0.5) is 4.79 Å². The number of para-hydroxylation sites is 1. The van der Waals surface area contributed by atoms with E-state index in [-0.39, 0.29) is 17.2 Å². The number of nitrogens with zero attached hydrogens (tertiary/aromatic N) is 1. The molecule has 2 aromatic carbocycles. The first kappa shape index (κ1) is 21.4. The summed E-state index contributed by atoms with van der Waals surface area (Å²) in [4.78, 5) is 38.9. The number of methoxy groups -OCH3 is 2. The van der Waals surface area contributed by atoms with Gasteiger partial charge in [-0.2, -0.15) is 0 Å². The maximum atomic E-state index is 12.8. The molecule has 0 N–H and O–H groups in total. The first-order valence-corrected chi connectivity index (χ1v) is 10.0. The minimum absolute atomic E-state index is 0.219. The van der Waals surface area contributed by atoms with Crippen LogP contribution in [0.5, 0.6) is 17.2 Å². The SMILES string of the molecule is CCOc1c(C=C2SC(=O)N(CC(=O)c3ccc(OC)cc3)C2=O)cccc1OC. The van der Waals surface area contributed by atoms with Gasteiger partial charge >= 0.3 is 0 Å². The van der Waals surface area contributed by atoms with Crippen LogP contribution < -0.4 is 14.2 Å². The maximum absolute atomic E-state index is 12.8. The molecule has 3 rings (SSSR count). The molecule has 0 atom stereocenters. The van der Waals surface area contributed by atoms with E-state index < -0.39 is 11.1 Å². The molecular formula is C22H21NO6S. The molecule has 0 aromatic heterocycles. The lowest BCUT2D eigenvalue weighted by Crippen LogP contribution is -2.33. The van der Waals surface area contributed by atoms with Crippen LogP contribution in [-0.4, -0.2) is 49.2 Å². The van der Waals surface area contributed by atoms with Crippen LogP contribution in [0.15, 0.2) is 47.4 Å². The highest BCUT2D eigenvalue weighted by molar-refractivity contribution is 8.18. The van der Waals surface area contributed by atoms with Crippen molar-refractivity contribution in [2.24, 2.45) is 0 Å². The molecule has 0 unspecified atom stereocenters. The molecule has 7 nitrogen and oxygen atoms in total. The minimum Gasteiger partial charge on any atom is -0.497 e. The molecule has 30 heavy (non-hydrogen) atoms. The Labute approximate surface area is 178 Å². The molecule has 0 saturated carbocycles.